The fraction of sp³-hybridized carbons (Fsp3) is 0.579. The first-order valence-electron chi connectivity index (χ1n) is 9.15. The Balaban J connectivity index is 1.41. The molecule has 3 heterocycles. The molecule has 1 saturated heterocycles. The first-order valence-corrected chi connectivity index (χ1v) is 10.0. The summed E-state index contributed by atoms with van der Waals surface area (Å²) in [7, 11) is 0. The second-order valence-corrected chi connectivity index (χ2v) is 7.98. The summed E-state index contributed by atoms with van der Waals surface area (Å²) >= 11 is 1.69. The summed E-state index contributed by atoms with van der Waals surface area (Å²) in [5.74, 6) is 0.582. The third-order valence-electron chi connectivity index (χ3n) is 5.62. The lowest BCUT2D eigenvalue weighted by Gasteiger charge is -2.38. The van der Waals surface area contributed by atoms with Crippen LogP contribution in [-0.2, 0) is 4.79 Å². The Kier molecular flexibility index (Phi) is 4.69. The molecule has 2 fully saturated rings. The van der Waals surface area contributed by atoms with Gasteiger partial charge in [0.05, 0.1) is 6.04 Å². The molecule has 5 heteroatoms. The second-order valence-electron chi connectivity index (χ2n) is 7.05. The number of hydrogen-bond acceptors (Lipinski definition) is 3. The van der Waals surface area contributed by atoms with Crippen LogP contribution < -0.4 is 0 Å². The monoisotopic (exact) mass is 343 g/mol. The smallest absolute Gasteiger partial charge is 0.226 e. The molecule has 1 aliphatic heterocycles. The summed E-state index contributed by atoms with van der Waals surface area (Å²) < 4.78 is 2.31. The van der Waals surface area contributed by atoms with Gasteiger partial charge in [0.1, 0.15) is 5.01 Å². The van der Waals surface area contributed by atoms with Crippen LogP contribution in [0.5, 0.6) is 0 Å². The minimum absolute atomic E-state index is 0.206. The van der Waals surface area contributed by atoms with Crippen LogP contribution >= 0.6 is 11.3 Å². The standard InChI is InChI=1S/C19H25N3OS/c23-19(15-6-8-16(9-7-15)21-11-3-4-12-21)22-13-2-1-5-17(22)18-20-10-14-24-18/h3-4,10-12,14-17H,1-2,5-9,13H2/t15?,16?,17-/m0/s1. The molecule has 2 aromatic rings. The van der Waals surface area contributed by atoms with Gasteiger partial charge in [-0.3, -0.25) is 4.79 Å². The van der Waals surface area contributed by atoms with Crippen LogP contribution in [-0.4, -0.2) is 26.9 Å². The number of aromatic nitrogens is 2. The minimum atomic E-state index is 0.206. The molecule has 128 valence electrons. The van der Waals surface area contributed by atoms with Crippen LogP contribution in [0, 0.1) is 5.92 Å². The van der Waals surface area contributed by atoms with Crippen LogP contribution in [0.1, 0.15) is 62.0 Å². The third kappa shape index (κ3) is 3.14. The maximum Gasteiger partial charge on any atom is 0.226 e. The van der Waals surface area contributed by atoms with Gasteiger partial charge in [0.15, 0.2) is 0 Å². The highest BCUT2D eigenvalue weighted by Crippen LogP contribution is 2.37. The fourth-order valence-corrected chi connectivity index (χ4v) is 5.08. The highest BCUT2D eigenvalue weighted by Gasteiger charge is 2.35. The molecule has 0 aromatic carbocycles. The molecule has 0 radical (unpaired) electrons. The van der Waals surface area contributed by atoms with E-state index in [0.29, 0.717) is 11.9 Å². The molecule has 1 amide bonds. The van der Waals surface area contributed by atoms with Crippen molar-refractivity contribution in [3.63, 3.8) is 0 Å². The SMILES string of the molecule is O=C(C1CCC(n2cccc2)CC1)N1CCCC[C@H]1c1nccs1. The van der Waals surface area contributed by atoms with Crippen molar-refractivity contribution in [1.82, 2.24) is 14.5 Å². The summed E-state index contributed by atoms with van der Waals surface area (Å²) in [4.78, 5) is 19.8. The van der Waals surface area contributed by atoms with Crippen LogP contribution in [0.4, 0.5) is 0 Å². The summed E-state index contributed by atoms with van der Waals surface area (Å²) in [5.41, 5.74) is 0. The lowest BCUT2D eigenvalue weighted by atomic mass is 9.84. The van der Waals surface area contributed by atoms with E-state index in [1.54, 1.807) is 11.3 Å². The van der Waals surface area contributed by atoms with Crippen LogP contribution in [0.2, 0.25) is 0 Å². The topological polar surface area (TPSA) is 38.1 Å². The number of thiazole rings is 1. The number of rotatable bonds is 3. The molecule has 4 nitrogen and oxygen atoms in total. The largest absolute Gasteiger partial charge is 0.351 e. The Hall–Kier alpha value is -1.62. The zero-order chi connectivity index (χ0) is 16.4. The van der Waals surface area contributed by atoms with Gasteiger partial charge in [0.2, 0.25) is 5.91 Å². The highest BCUT2D eigenvalue weighted by atomic mass is 32.1. The van der Waals surface area contributed by atoms with Crippen molar-refractivity contribution < 1.29 is 4.79 Å². The van der Waals surface area contributed by atoms with Gasteiger partial charge in [0, 0.05) is 42.5 Å². The van der Waals surface area contributed by atoms with Crippen molar-refractivity contribution in [2.75, 3.05) is 6.54 Å². The van der Waals surface area contributed by atoms with Crippen molar-refractivity contribution in [3.05, 3.63) is 41.1 Å². The lowest BCUT2D eigenvalue weighted by Crippen LogP contribution is -2.42. The number of nitrogens with zero attached hydrogens (tertiary/aromatic N) is 3. The molecule has 1 saturated carbocycles. The average molecular weight is 343 g/mol. The van der Waals surface area contributed by atoms with Crippen molar-refractivity contribution in [2.45, 2.75) is 57.0 Å². The minimum Gasteiger partial charge on any atom is -0.351 e. The van der Waals surface area contributed by atoms with Gasteiger partial charge < -0.3 is 9.47 Å². The number of piperidine rings is 1. The zero-order valence-electron chi connectivity index (χ0n) is 14.0. The van der Waals surface area contributed by atoms with E-state index in [0.717, 1.165) is 50.1 Å². The molecule has 2 aliphatic rings. The van der Waals surface area contributed by atoms with Gasteiger partial charge in [0.25, 0.3) is 0 Å². The maximum absolute atomic E-state index is 13.1. The van der Waals surface area contributed by atoms with E-state index < -0.39 is 0 Å². The number of carbonyl (C=O) groups excluding carboxylic acids is 1. The molecule has 0 unspecified atom stereocenters. The van der Waals surface area contributed by atoms with E-state index in [4.69, 9.17) is 0 Å². The number of amides is 1. The first kappa shape index (κ1) is 15.9. The molecule has 1 atom stereocenters. The number of carbonyl (C=O) groups is 1. The van der Waals surface area contributed by atoms with E-state index >= 15 is 0 Å². The van der Waals surface area contributed by atoms with E-state index in [2.05, 4.69) is 39.0 Å². The molecule has 1 aliphatic carbocycles. The molecule has 0 bridgehead atoms. The highest BCUT2D eigenvalue weighted by molar-refractivity contribution is 7.09. The predicted octanol–water partition coefficient (Wildman–Crippen LogP) is 4.43. The number of likely N-dealkylation sites (tertiary alicyclic amines) is 1. The Morgan fingerprint density at radius 1 is 1.08 bits per heavy atom. The van der Waals surface area contributed by atoms with Crippen molar-refractivity contribution in [2.24, 2.45) is 5.92 Å². The van der Waals surface area contributed by atoms with Crippen LogP contribution in [0.25, 0.3) is 0 Å². The van der Waals surface area contributed by atoms with E-state index in [1.807, 2.05) is 11.6 Å². The predicted molar refractivity (Wildman–Crippen MR) is 95.8 cm³/mol. The maximum atomic E-state index is 13.1. The molecular weight excluding hydrogens is 318 g/mol. The quantitative estimate of drug-likeness (QED) is 0.827. The Labute approximate surface area is 147 Å². The van der Waals surface area contributed by atoms with Crippen LogP contribution in [0.3, 0.4) is 0 Å². The summed E-state index contributed by atoms with van der Waals surface area (Å²) in [5, 5.41) is 3.14. The van der Waals surface area contributed by atoms with Crippen molar-refractivity contribution in [1.29, 1.82) is 0 Å². The number of hydrogen-bond donors (Lipinski definition) is 0. The molecule has 4 rings (SSSR count). The Morgan fingerprint density at radius 3 is 2.58 bits per heavy atom. The lowest BCUT2D eigenvalue weighted by molar-refractivity contribution is -0.140. The van der Waals surface area contributed by atoms with Crippen LogP contribution in [0.15, 0.2) is 36.1 Å². The normalized spacial score (nSPS) is 28.0. The van der Waals surface area contributed by atoms with Crippen molar-refractivity contribution >= 4 is 17.2 Å². The zero-order valence-corrected chi connectivity index (χ0v) is 14.8. The van der Waals surface area contributed by atoms with E-state index in [-0.39, 0.29) is 12.0 Å². The van der Waals surface area contributed by atoms with Gasteiger partial charge in [-0.15, -0.1) is 11.3 Å². The van der Waals surface area contributed by atoms with E-state index in [1.165, 1.54) is 6.42 Å². The summed E-state index contributed by atoms with van der Waals surface area (Å²) in [6, 6.07) is 4.96. The second kappa shape index (κ2) is 7.09. The molecular formula is C19H25N3OS. The van der Waals surface area contributed by atoms with Gasteiger partial charge in [-0.25, -0.2) is 4.98 Å². The van der Waals surface area contributed by atoms with Gasteiger partial charge >= 0.3 is 0 Å². The van der Waals surface area contributed by atoms with E-state index in [9.17, 15) is 4.79 Å². The Bertz CT molecular complexity index is 644. The molecule has 2 aromatic heterocycles. The molecule has 0 spiro atoms. The van der Waals surface area contributed by atoms with Gasteiger partial charge in [-0.2, -0.15) is 0 Å². The van der Waals surface area contributed by atoms with Gasteiger partial charge in [-0.05, 0) is 57.1 Å². The summed E-state index contributed by atoms with van der Waals surface area (Å²) in [6.45, 7) is 0.903. The van der Waals surface area contributed by atoms with Crippen molar-refractivity contribution in [3.8, 4) is 0 Å². The summed E-state index contributed by atoms with van der Waals surface area (Å²) in [6.07, 6.45) is 13.8. The third-order valence-corrected chi connectivity index (χ3v) is 6.49. The average Bonchev–Trinajstić information content (AvgIpc) is 3.35. The van der Waals surface area contributed by atoms with Gasteiger partial charge in [-0.1, -0.05) is 0 Å². The Morgan fingerprint density at radius 2 is 1.88 bits per heavy atom. The fourth-order valence-electron chi connectivity index (χ4n) is 4.30. The molecule has 0 N–H and O–H groups in total. The first-order chi connectivity index (χ1) is 11.8. The molecule has 24 heavy (non-hydrogen) atoms.